The Balaban J connectivity index is 2.28. The van der Waals surface area contributed by atoms with Crippen LogP contribution in [0.4, 0.5) is 0 Å². The largest absolute Gasteiger partial charge is 0.457 e. The minimum absolute atomic E-state index is 0.0952. The second-order valence-electron chi connectivity index (χ2n) is 5.14. The Bertz CT molecular complexity index is 628. The van der Waals surface area contributed by atoms with Crippen molar-refractivity contribution >= 4 is 23.2 Å². The Morgan fingerprint density at radius 1 is 1.14 bits per heavy atom. The van der Waals surface area contributed by atoms with Crippen LogP contribution in [0.1, 0.15) is 24.5 Å². The number of hydrogen-bond donors (Lipinski definition) is 1. The van der Waals surface area contributed by atoms with Gasteiger partial charge in [0.05, 0.1) is 0 Å². The standard InChI is InChI=1S/C17H19Cl2NO/c1-3-14(20)10-12-9-13(18)4-7-17(12)21-15-5-6-16(19)11(2)8-15/h4-9,14H,3,10,20H2,1-2H3. The molecule has 0 heterocycles. The molecule has 0 aliphatic rings. The molecule has 2 aromatic rings. The van der Waals surface area contributed by atoms with Crippen LogP contribution in [-0.2, 0) is 6.42 Å². The van der Waals surface area contributed by atoms with Gasteiger partial charge in [0.25, 0.3) is 0 Å². The van der Waals surface area contributed by atoms with Gasteiger partial charge in [-0.05, 0) is 67.3 Å². The molecule has 2 nitrogen and oxygen atoms in total. The first kappa shape index (κ1) is 16.2. The maximum absolute atomic E-state index is 6.08. The van der Waals surface area contributed by atoms with Crippen LogP contribution in [0, 0.1) is 6.92 Å². The van der Waals surface area contributed by atoms with E-state index < -0.39 is 0 Å². The number of benzene rings is 2. The molecule has 0 bridgehead atoms. The molecule has 0 aliphatic carbocycles. The van der Waals surface area contributed by atoms with Gasteiger partial charge in [-0.25, -0.2) is 0 Å². The zero-order valence-corrected chi connectivity index (χ0v) is 13.7. The van der Waals surface area contributed by atoms with Crippen LogP contribution in [0.25, 0.3) is 0 Å². The number of halogens is 2. The van der Waals surface area contributed by atoms with Crippen molar-refractivity contribution in [1.82, 2.24) is 0 Å². The minimum Gasteiger partial charge on any atom is -0.457 e. The average molecular weight is 324 g/mol. The van der Waals surface area contributed by atoms with Crippen LogP contribution in [0.2, 0.25) is 10.0 Å². The van der Waals surface area contributed by atoms with Crippen molar-refractivity contribution < 1.29 is 4.74 Å². The number of ether oxygens (including phenoxy) is 1. The van der Waals surface area contributed by atoms with Crippen LogP contribution >= 0.6 is 23.2 Å². The Morgan fingerprint density at radius 3 is 2.57 bits per heavy atom. The molecule has 4 heteroatoms. The van der Waals surface area contributed by atoms with Crippen LogP contribution in [0.5, 0.6) is 11.5 Å². The van der Waals surface area contributed by atoms with E-state index in [4.69, 9.17) is 33.7 Å². The lowest BCUT2D eigenvalue weighted by Crippen LogP contribution is -2.21. The number of nitrogens with two attached hydrogens (primary N) is 1. The quantitative estimate of drug-likeness (QED) is 0.802. The molecule has 21 heavy (non-hydrogen) atoms. The highest BCUT2D eigenvalue weighted by molar-refractivity contribution is 6.31. The normalized spacial score (nSPS) is 12.2. The van der Waals surface area contributed by atoms with Gasteiger partial charge in [-0.2, -0.15) is 0 Å². The monoisotopic (exact) mass is 323 g/mol. The summed E-state index contributed by atoms with van der Waals surface area (Å²) in [6, 6.07) is 11.3. The van der Waals surface area contributed by atoms with Crippen LogP contribution in [0.15, 0.2) is 36.4 Å². The van der Waals surface area contributed by atoms with Crippen molar-refractivity contribution in [2.24, 2.45) is 5.73 Å². The molecule has 0 saturated carbocycles. The molecule has 1 unspecified atom stereocenters. The van der Waals surface area contributed by atoms with E-state index in [-0.39, 0.29) is 6.04 Å². The Labute approximate surface area is 135 Å². The van der Waals surface area contributed by atoms with Crippen molar-refractivity contribution in [3.8, 4) is 11.5 Å². The second kappa shape index (κ2) is 7.17. The van der Waals surface area contributed by atoms with E-state index in [0.29, 0.717) is 5.02 Å². The summed E-state index contributed by atoms with van der Waals surface area (Å²) in [7, 11) is 0. The van der Waals surface area contributed by atoms with Crippen molar-refractivity contribution in [2.75, 3.05) is 0 Å². The molecule has 1 atom stereocenters. The van der Waals surface area contributed by atoms with E-state index in [9.17, 15) is 0 Å². The van der Waals surface area contributed by atoms with Crippen LogP contribution in [-0.4, -0.2) is 6.04 Å². The number of rotatable bonds is 5. The molecule has 0 fully saturated rings. The van der Waals surface area contributed by atoms with Gasteiger partial charge in [-0.15, -0.1) is 0 Å². The van der Waals surface area contributed by atoms with Gasteiger partial charge in [-0.3, -0.25) is 0 Å². The summed E-state index contributed by atoms with van der Waals surface area (Å²) in [4.78, 5) is 0. The lowest BCUT2D eigenvalue weighted by atomic mass is 10.0. The van der Waals surface area contributed by atoms with Gasteiger partial charge in [0.2, 0.25) is 0 Å². The zero-order chi connectivity index (χ0) is 15.4. The van der Waals surface area contributed by atoms with E-state index in [1.165, 1.54) is 0 Å². The highest BCUT2D eigenvalue weighted by Crippen LogP contribution is 2.30. The molecular weight excluding hydrogens is 305 g/mol. The molecule has 112 valence electrons. The van der Waals surface area contributed by atoms with Gasteiger partial charge >= 0.3 is 0 Å². The predicted molar refractivity (Wildman–Crippen MR) is 89.7 cm³/mol. The van der Waals surface area contributed by atoms with Crippen LogP contribution in [0.3, 0.4) is 0 Å². The summed E-state index contributed by atoms with van der Waals surface area (Å²) in [6.07, 6.45) is 1.64. The summed E-state index contributed by atoms with van der Waals surface area (Å²) < 4.78 is 5.97. The third-order valence-corrected chi connectivity index (χ3v) is 4.05. The Morgan fingerprint density at radius 2 is 1.90 bits per heavy atom. The first-order valence-corrected chi connectivity index (χ1v) is 7.73. The van der Waals surface area contributed by atoms with Crippen molar-refractivity contribution in [3.05, 3.63) is 57.6 Å². The zero-order valence-electron chi connectivity index (χ0n) is 12.2. The molecule has 2 rings (SSSR count). The number of aryl methyl sites for hydroxylation is 1. The van der Waals surface area contributed by atoms with E-state index in [0.717, 1.165) is 40.5 Å². The molecule has 0 aliphatic heterocycles. The third kappa shape index (κ3) is 4.37. The van der Waals surface area contributed by atoms with Crippen LogP contribution < -0.4 is 10.5 Å². The maximum atomic E-state index is 6.08. The maximum Gasteiger partial charge on any atom is 0.130 e. The number of hydrogen-bond acceptors (Lipinski definition) is 2. The fourth-order valence-electron chi connectivity index (χ4n) is 2.04. The summed E-state index contributed by atoms with van der Waals surface area (Å²) >= 11 is 12.1. The second-order valence-corrected chi connectivity index (χ2v) is 5.98. The van der Waals surface area contributed by atoms with E-state index in [1.807, 2.05) is 43.3 Å². The highest BCUT2D eigenvalue weighted by atomic mass is 35.5. The molecule has 2 aromatic carbocycles. The van der Waals surface area contributed by atoms with E-state index in [1.54, 1.807) is 0 Å². The lowest BCUT2D eigenvalue weighted by molar-refractivity contribution is 0.472. The molecule has 0 saturated heterocycles. The highest BCUT2D eigenvalue weighted by Gasteiger charge is 2.10. The van der Waals surface area contributed by atoms with Gasteiger partial charge in [0.1, 0.15) is 11.5 Å². The smallest absolute Gasteiger partial charge is 0.130 e. The van der Waals surface area contributed by atoms with E-state index >= 15 is 0 Å². The summed E-state index contributed by atoms with van der Waals surface area (Å²) in [5.41, 5.74) is 8.04. The van der Waals surface area contributed by atoms with E-state index in [2.05, 4.69) is 6.92 Å². The van der Waals surface area contributed by atoms with Crippen molar-refractivity contribution in [1.29, 1.82) is 0 Å². The molecular formula is C17H19Cl2NO. The van der Waals surface area contributed by atoms with Gasteiger partial charge < -0.3 is 10.5 Å². The lowest BCUT2D eigenvalue weighted by Gasteiger charge is -2.15. The Kier molecular flexibility index (Phi) is 5.51. The molecule has 2 N–H and O–H groups in total. The Hall–Kier alpha value is -1.22. The minimum atomic E-state index is 0.0952. The summed E-state index contributed by atoms with van der Waals surface area (Å²) in [5.74, 6) is 1.54. The molecule has 0 amide bonds. The first-order valence-electron chi connectivity index (χ1n) is 6.97. The molecule has 0 spiro atoms. The first-order chi connectivity index (χ1) is 9.99. The van der Waals surface area contributed by atoms with Crippen molar-refractivity contribution in [3.63, 3.8) is 0 Å². The predicted octanol–water partition coefficient (Wildman–Crippen LogP) is 5.37. The molecule has 0 aromatic heterocycles. The SMILES string of the molecule is CCC(N)Cc1cc(Cl)ccc1Oc1ccc(Cl)c(C)c1. The topological polar surface area (TPSA) is 35.2 Å². The molecule has 0 radical (unpaired) electrons. The average Bonchev–Trinajstić information content (AvgIpc) is 2.45. The fourth-order valence-corrected chi connectivity index (χ4v) is 2.35. The summed E-state index contributed by atoms with van der Waals surface area (Å²) in [5, 5.41) is 1.42. The third-order valence-electron chi connectivity index (χ3n) is 3.39. The fraction of sp³-hybridized carbons (Fsp3) is 0.294. The summed E-state index contributed by atoms with van der Waals surface area (Å²) in [6.45, 7) is 4.02. The van der Waals surface area contributed by atoms with Crippen molar-refractivity contribution in [2.45, 2.75) is 32.7 Å². The van der Waals surface area contributed by atoms with Gasteiger partial charge in [0, 0.05) is 16.1 Å². The van der Waals surface area contributed by atoms with Gasteiger partial charge in [0.15, 0.2) is 0 Å². The van der Waals surface area contributed by atoms with Gasteiger partial charge in [-0.1, -0.05) is 30.1 Å².